The summed E-state index contributed by atoms with van der Waals surface area (Å²) in [4.78, 5) is 21.9. The number of hydrogen-bond donors (Lipinski definition) is 3. The lowest BCUT2D eigenvalue weighted by Gasteiger charge is -2.08. The average molecular weight is 337 g/mol. The van der Waals surface area contributed by atoms with Crippen LogP contribution >= 0.6 is 11.6 Å². The van der Waals surface area contributed by atoms with E-state index in [0.29, 0.717) is 0 Å². The van der Waals surface area contributed by atoms with E-state index in [1.54, 1.807) is 0 Å². The Labute approximate surface area is 125 Å². The van der Waals surface area contributed by atoms with Crippen molar-refractivity contribution in [1.29, 1.82) is 0 Å². The van der Waals surface area contributed by atoms with Crippen molar-refractivity contribution in [3.8, 4) is 0 Å². The van der Waals surface area contributed by atoms with Gasteiger partial charge >= 0.3 is 0 Å². The molecule has 5 N–H and O–H groups in total. The fourth-order valence-electron chi connectivity index (χ4n) is 1.47. The molecular weight excluding hydrogens is 324 g/mol. The Morgan fingerprint density at radius 3 is 2.57 bits per heavy atom. The Kier molecular flexibility index (Phi) is 5.47. The number of anilines is 1. The van der Waals surface area contributed by atoms with E-state index >= 15 is 0 Å². The van der Waals surface area contributed by atoms with Crippen LogP contribution in [0.4, 0.5) is 11.4 Å². The van der Waals surface area contributed by atoms with Gasteiger partial charge in [0.25, 0.3) is 11.6 Å². The zero-order chi connectivity index (χ0) is 16.2. The number of nitrogens with two attached hydrogens (primary N) is 2. The molecule has 0 radical (unpaired) electrons. The van der Waals surface area contributed by atoms with Crippen molar-refractivity contribution in [3.05, 3.63) is 32.8 Å². The molecule has 0 unspecified atom stereocenters. The number of amides is 1. The SMILES string of the molecule is Nc1c(Cl)cc([N+](=O)[O-])cc1C(=O)NCCCS(N)(=O)=O. The molecule has 0 fully saturated rings. The van der Waals surface area contributed by atoms with Gasteiger partial charge < -0.3 is 11.1 Å². The first-order valence-electron chi connectivity index (χ1n) is 5.64. The second-order valence-electron chi connectivity index (χ2n) is 4.12. The van der Waals surface area contributed by atoms with Gasteiger partial charge in [0.05, 0.1) is 26.9 Å². The third kappa shape index (κ3) is 5.17. The van der Waals surface area contributed by atoms with Gasteiger partial charge in [0.15, 0.2) is 0 Å². The molecule has 0 saturated heterocycles. The van der Waals surface area contributed by atoms with E-state index in [2.05, 4.69) is 5.32 Å². The number of non-ortho nitro benzene ring substituents is 1. The van der Waals surface area contributed by atoms with Crippen LogP contribution in [0.5, 0.6) is 0 Å². The summed E-state index contributed by atoms with van der Waals surface area (Å²) in [6.07, 6.45) is 0.104. The van der Waals surface area contributed by atoms with E-state index in [1.807, 2.05) is 0 Å². The molecule has 1 amide bonds. The van der Waals surface area contributed by atoms with Crippen molar-refractivity contribution in [2.75, 3.05) is 18.0 Å². The third-order valence-corrected chi connectivity index (χ3v) is 3.63. The number of nitro groups is 1. The van der Waals surface area contributed by atoms with Gasteiger partial charge in [-0.25, -0.2) is 13.6 Å². The fraction of sp³-hybridized carbons (Fsp3) is 0.300. The van der Waals surface area contributed by atoms with Gasteiger partial charge in [0, 0.05) is 18.7 Å². The van der Waals surface area contributed by atoms with Gasteiger partial charge in [-0.3, -0.25) is 14.9 Å². The van der Waals surface area contributed by atoms with Crippen LogP contribution in [-0.2, 0) is 10.0 Å². The van der Waals surface area contributed by atoms with E-state index in [-0.39, 0.29) is 40.7 Å². The van der Waals surface area contributed by atoms with Crippen LogP contribution in [-0.4, -0.2) is 31.5 Å². The van der Waals surface area contributed by atoms with E-state index in [4.69, 9.17) is 22.5 Å². The zero-order valence-electron chi connectivity index (χ0n) is 10.7. The highest BCUT2D eigenvalue weighted by molar-refractivity contribution is 7.89. The topological polar surface area (TPSA) is 158 Å². The number of nitro benzene ring substituents is 1. The molecule has 0 atom stereocenters. The summed E-state index contributed by atoms with van der Waals surface area (Å²) < 4.78 is 21.4. The Morgan fingerprint density at radius 1 is 1.43 bits per heavy atom. The van der Waals surface area contributed by atoms with Crippen LogP contribution in [0.3, 0.4) is 0 Å². The normalized spacial score (nSPS) is 11.1. The molecule has 1 rings (SSSR count). The largest absolute Gasteiger partial charge is 0.397 e. The molecule has 0 saturated carbocycles. The minimum Gasteiger partial charge on any atom is -0.397 e. The number of hydrogen-bond acceptors (Lipinski definition) is 6. The molecule has 0 spiro atoms. The molecule has 0 bridgehead atoms. The summed E-state index contributed by atoms with van der Waals surface area (Å²) in [5.41, 5.74) is 4.98. The summed E-state index contributed by atoms with van der Waals surface area (Å²) in [5.74, 6) is -0.981. The molecule has 0 aliphatic carbocycles. The number of carbonyl (C=O) groups is 1. The maximum Gasteiger partial charge on any atom is 0.271 e. The lowest BCUT2D eigenvalue weighted by atomic mass is 10.1. The van der Waals surface area contributed by atoms with Gasteiger partial charge in [-0.1, -0.05) is 11.6 Å². The van der Waals surface area contributed by atoms with Gasteiger partial charge in [-0.05, 0) is 6.42 Å². The van der Waals surface area contributed by atoms with Crippen LogP contribution in [0, 0.1) is 10.1 Å². The van der Waals surface area contributed by atoms with Gasteiger partial charge in [-0.15, -0.1) is 0 Å². The van der Waals surface area contributed by atoms with Crippen molar-refractivity contribution >= 4 is 38.9 Å². The van der Waals surface area contributed by atoms with Crippen molar-refractivity contribution in [2.45, 2.75) is 6.42 Å². The number of benzene rings is 1. The molecule has 21 heavy (non-hydrogen) atoms. The molecule has 11 heteroatoms. The van der Waals surface area contributed by atoms with Gasteiger partial charge in [-0.2, -0.15) is 0 Å². The third-order valence-electron chi connectivity index (χ3n) is 2.46. The van der Waals surface area contributed by atoms with Crippen LogP contribution < -0.4 is 16.2 Å². The van der Waals surface area contributed by atoms with Crippen LogP contribution in [0.15, 0.2) is 12.1 Å². The van der Waals surface area contributed by atoms with Crippen LogP contribution in [0.2, 0.25) is 5.02 Å². The Hall–Kier alpha value is -1.91. The molecule has 9 nitrogen and oxygen atoms in total. The number of rotatable bonds is 6. The Bertz CT molecular complexity index is 676. The lowest BCUT2D eigenvalue weighted by molar-refractivity contribution is -0.384. The number of nitrogen functional groups attached to an aromatic ring is 1. The van der Waals surface area contributed by atoms with E-state index in [1.165, 1.54) is 0 Å². The maximum atomic E-state index is 11.9. The summed E-state index contributed by atoms with van der Waals surface area (Å²) in [6, 6.07) is 2.03. The van der Waals surface area contributed by atoms with Crippen LogP contribution in [0.1, 0.15) is 16.8 Å². The molecule has 0 aromatic heterocycles. The average Bonchev–Trinajstić information content (AvgIpc) is 2.36. The summed E-state index contributed by atoms with van der Waals surface area (Å²) >= 11 is 5.72. The quantitative estimate of drug-likeness (QED) is 0.292. The summed E-state index contributed by atoms with van der Waals surface area (Å²) in [7, 11) is -3.61. The minimum absolute atomic E-state index is 0.0228. The first-order chi connectivity index (χ1) is 9.61. The summed E-state index contributed by atoms with van der Waals surface area (Å²) in [5, 5.41) is 17.8. The highest BCUT2D eigenvalue weighted by Crippen LogP contribution is 2.28. The molecule has 1 aromatic carbocycles. The maximum absolute atomic E-state index is 11.9. The molecular formula is C10H13ClN4O5S. The van der Waals surface area contributed by atoms with E-state index in [9.17, 15) is 23.3 Å². The highest BCUT2D eigenvalue weighted by Gasteiger charge is 2.18. The Morgan fingerprint density at radius 2 is 2.05 bits per heavy atom. The number of sulfonamides is 1. The predicted octanol–water partition coefficient (Wildman–Crippen LogP) is 0.239. The summed E-state index contributed by atoms with van der Waals surface area (Å²) in [6.45, 7) is 0.0228. The second kappa shape index (κ2) is 6.70. The Balaban J connectivity index is 2.80. The number of nitrogens with zero attached hydrogens (tertiary/aromatic N) is 1. The van der Waals surface area contributed by atoms with Crippen LogP contribution in [0.25, 0.3) is 0 Å². The number of carbonyl (C=O) groups excluding carboxylic acids is 1. The van der Waals surface area contributed by atoms with Crippen molar-refractivity contribution in [3.63, 3.8) is 0 Å². The number of halogens is 1. The van der Waals surface area contributed by atoms with Gasteiger partial charge in [0.2, 0.25) is 10.0 Å². The molecule has 0 heterocycles. The van der Waals surface area contributed by atoms with E-state index in [0.717, 1.165) is 12.1 Å². The zero-order valence-corrected chi connectivity index (χ0v) is 12.3. The van der Waals surface area contributed by atoms with Gasteiger partial charge in [0.1, 0.15) is 0 Å². The van der Waals surface area contributed by atoms with E-state index < -0.39 is 20.9 Å². The molecule has 0 aliphatic rings. The molecule has 1 aromatic rings. The standard InChI is InChI=1S/C10H13ClN4O5S/c11-8-5-6(15(17)18)4-7(9(8)12)10(16)14-2-1-3-21(13,19)20/h4-5H,1-3,12H2,(H,14,16)(H2,13,19,20). The van der Waals surface area contributed by atoms with Crippen molar-refractivity contribution in [1.82, 2.24) is 5.32 Å². The van der Waals surface area contributed by atoms with Crippen molar-refractivity contribution in [2.24, 2.45) is 5.14 Å². The number of primary sulfonamides is 1. The first kappa shape index (κ1) is 17.1. The fourth-order valence-corrected chi connectivity index (χ4v) is 2.23. The predicted molar refractivity (Wildman–Crippen MR) is 77.4 cm³/mol. The first-order valence-corrected chi connectivity index (χ1v) is 7.73. The second-order valence-corrected chi connectivity index (χ2v) is 6.26. The highest BCUT2D eigenvalue weighted by atomic mass is 35.5. The van der Waals surface area contributed by atoms with Crippen molar-refractivity contribution < 1.29 is 18.1 Å². The molecule has 0 aliphatic heterocycles. The monoisotopic (exact) mass is 336 g/mol. The smallest absolute Gasteiger partial charge is 0.271 e. The minimum atomic E-state index is -3.61. The molecule has 116 valence electrons. The number of nitrogens with one attached hydrogen (secondary N) is 1. The lowest BCUT2D eigenvalue weighted by Crippen LogP contribution is -2.28.